The molecule has 0 saturated heterocycles. The van der Waals surface area contributed by atoms with Crippen LogP contribution in [0, 0.1) is 22.7 Å². The predicted molar refractivity (Wildman–Crippen MR) is 80.9 cm³/mol. The molecule has 0 radical (unpaired) electrons. The lowest BCUT2D eigenvalue weighted by molar-refractivity contribution is -0.112. The monoisotopic (exact) mass is 260 g/mol. The second kappa shape index (κ2) is 4.92. The van der Waals surface area contributed by atoms with Crippen molar-refractivity contribution in [2.45, 2.75) is 59.8 Å². The molecule has 2 fully saturated rings. The average Bonchev–Trinajstić information content (AvgIpc) is 2.26. The molecule has 3 atom stereocenters. The van der Waals surface area contributed by atoms with Crippen LogP contribution in [-0.2, 0) is 4.79 Å². The van der Waals surface area contributed by atoms with Crippen molar-refractivity contribution in [3.8, 4) is 0 Å². The van der Waals surface area contributed by atoms with Gasteiger partial charge in [-0.15, -0.1) is 0 Å². The van der Waals surface area contributed by atoms with Crippen LogP contribution in [0.25, 0.3) is 0 Å². The molecule has 2 rings (SSSR count). The fourth-order valence-electron chi connectivity index (χ4n) is 4.80. The van der Waals surface area contributed by atoms with Crippen molar-refractivity contribution in [2.75, 3.05) is 0 Å². The third kappa shape index (κ3) is 2.57. The summed E-state index contributed by atoms with van der Waals surface area (Å²) in [6.07, 6.45) is 10.2. The first-order valence-corrected chi connectivity index (χ1v) is 7.64. The number of hydrogen-bond acceptors (Lipinski definition) is 1. The number of allylic oxidation sites excluding steroid dienone is 3. The standard InChI is InChI=1S/C18H28O/c1-13-7-10-16-17(3,4)11-6-12-18(16,5)15(13)9-8-14(2)19/h8-9,15-16H,1,6-7,10-12H2,2-5H3/b9-8+. The SMILES string of the molecule is C=C1CCC2C(C)(C)CCCC2(C)C1/C=C/C(C)=O. The Labute approximate surface area is 118 Å². The second-order valence-corrected chi connectivity index (χ2v) is 7.54. The minimum absolute atomic E-state index is 0.147. The van der Waals surface area contributed by atoms with E-state index < -0.39 is 0 Å². The summed E-state index contributed by atoms with van der Waals surface area (Å²) in [5.41, 5.74) is 2.05. The normalized spacial score (nSPS) is 38.2. The summed E-state index contributed by atoms with van der Waals surface area (Å²) in [7, 11) is 0. The van der Waals surface area contributed by atoms with Crippen molar-refractivity contribution < 1.29 is 4.79 Å². The van der Waals surface area contributed by atoms with Crippen LogP contribution >= 0.6 is 0 Å². The molecule has 0 aromatic carbocycles. The number of ketones is 1. The van der Waals surface area contributed by atoms with E-state index in [4.69, 9.17) is 0 Å². The summed E-state index contributed by atoms with van der Waals surface area (Å²) in [6.45, 7) is 13.2. The van der Waals surface area contributed by atoms with Crippen LogP contribution in [0.3, 0.4) is 0 Å². The number of carbonyl (C=O) groups is 1. The molecule has 0 heterocycles. The summed E-state index contributed by atoms with van der Waals surface area (Å²) in [4.78, 5) is 11.3. The van der Waals surface area contributed by atoms with Crippen LogP contribution in [0.5, 0.6) is 0 Å². The highest BCUT2D eigenvalue weighted by Crippen LogP contribution is 2.61. The Hall–Kier alpha value is -0.850. The minimum Gasteiger partial charge on any atom is -0.295 e. The van der Waals surface area contributed by atoms with E-state index in [9.17, 15) is 4.79 Å². The predicted octanol–water partition coefficient (Wildman–Crippen LogP) is 4.93. The van der Waals surface area contributed by atoms with E-state index in [1.165, 1.54) is 31.3 Å². The molecular formula is C18H28O. The van der Waals surface area contributed by atoms with Gasteiger partial charge in [-0.2, -0.15) is 0 Å². The van der Waals surface area contributed by atoms with Gasteiger partial charge in [0.1, 0.15) is 0 Å². The molecule has 2 saturated carbocycles. The van der Waals surface area contributed by atoms with Gasteiger partial charge in [0.25, 0.3) is 0 Å². The van der Waals surface area contributed by atoms with Crippen molar-refractivity contribution in [3.05, 3.63) is 24.3 Å². The molecule has 0 spiro atoms. The van der Waals surface area contributed by atoms with Crippen LogP contribution in [0.1, 0.15) is 59.8 Å². The van der Waals surface area contributed by atoms with Gasteiger partial charge in [0.2, 0.25) is 0 Å². The maximum Gasteiger partial charge on any atom is 0.152 e. The molecule has 0 aliphatic heterocycles. The first-order chi connectivity index (χ1) is 8.77. The summed E-state index contributed by atoms with van der Waals surface area (Å²) in [5, 5.41) is 0. The quantitative estimate of drug-likeness (QED) is 0.508. The molecule has 2 aliphatic rings. The largest absolute Gasteiger partial charge is 0.295 e. The Morgan fingerprint density at radius 3 is 2.63 bits per heavy atom. The molecule has 0 aromatic rings. The molecule has 3 unspecified atom stereocenters. The topological polar surface area (TPSA) is 17.1 Å². The molecule has 106 valence electrons. The Balaban J connectivity index is 2.35. The minimum atomic E-state index is 0.147. The fraction of sp³-hybridized carbons (Fsp3) is 0.722. The molecule has 2 aliphatic carbocycles. The highest BCUT2D eigenvalue weighted by Gasteiger charge is 2.52. The van der Waals surface area contributed by atoms with Gasteiger partial charge < -0.3 is 0 Å². The molecule has 1 nitrogen and oxygen atoms in total. The summed E-state index contributed by atoms with van der Waals surface area (Å²) in [6, 6.07) is 0. The van der Waals surface area contributed by atoms with E-state index in [2.05, 4.69) is 33.4 Å². The van der Waals surface area contributed by atoms with Crippen LogP contribution in [0.15, 0.2) is 24.3 Å². The molecule has 0 amide bonds. The number of hydrogen-bond donors (Lipinski definition) is 0. The lowest BCUT2D eigenvalue weighted by Crippen LogP contribution is -2.48. The van der Waals surface area contributed by atoms with Crippen molar-refractivity contribution >= 4 is 5.78 Å². The zero-order chi connectivity index (χ0) is 14.3. The fourth-order valence-corrected chi connectivity index (χ4v) is 4.80. The van der Waals surface area contributed by atoms with E-state index in [0.717, 1.165) is 12.3 Å². The molecule has 0 bridgehead atoms. The van der Waals surface area contributed by atoms with E-state index in [1.54, 1.807) is 13.0 Å². The van der Waals surface area contributed by atoms with Crippen molar-refractivity contribution in [3.63, 3.8) is 0 Å². The number of rotatable bonds is 2. The first-order valence-electron chi connectivity index (χ1n) is 7.64. The van der Waals surface area contributed by atoms with Crippen LogP contribution in [-0.4, -0.2) is 5.78 Å². The second-order valence-electron chi connectivity index (χ2n) is 7.54. The zero-order valence-electron chi connectivity index (χ0n) is 13.0. The molecule has 19 heavy (non-hydrogen) atoms. The van der Waals surface area contributed by atoms with Crippen LogP contribution < -0.4 is 0 Å². The third-order valence-corrected chi connectivity index (χ3v) is 5.70. The van der Waals surface area contributed by atoms with Crippen molar-refractivity contribution in [1.29, 1.82) is 0 Å². The van der Waals surface area contributed by atoms with Gasteiger partial charge in [0.15, 0.2) is 5.78 Å². The van der Waals surface area contributed by atoms with Crippen LogP contribution in [0.4, 0.5) is 0 Å². The van der Waals surface area contributed by atoms with E-state index in [-0.39, 0.29) is 5.78 Å². The van der Waals surface area contributed by atoms with E-state index in [1.807, 2.05) is 0 Å². The maximum absolute atomic E-state index is 11.3. The zero-order valence-corrected chi connectivity index (χ0v) is 13.0. The van der Waals surface area contributed by atoms with Crippen LogP contribution in [0.2, 0.25) is 0 Å². The van der Waals surface area contributed by atoms with Gasteiger partial charge >= 0.3 is 0 Å². The van der Waals surface area contributed by atoms with Gasteiger partial charge in [-0.1, -0.05) is 45.4 Å². The molecule has 1 heteroatoms. The lowest BCUT2D eigenvalue weighted by atomic mass is 9.47. The Bertz CT molecular complexity index is 415. The average molecular weight is 260 g/mol. The highest BCUT2D eigenvalue weighted by molar-refractivity contribution is 5.87. The number of carbonyl (C=O) groups excluding carboxylic acids is 1. The highest BCUT2D eigenvalue weighted by atomic mass is 16.1. The van der Waals surface area contributed by atoms with Crippen molar-refractivity contribution in [2.24, 2.45) is 22.7 Å². The summed E-state index contributed by atoms with van der Waals surface area (Å²) >= 11 is 0. The molecule has 0 aromatic heterocycles. The summed E-state index contributed by atoms with van der Waals surface area (Å²) in [5.74, 6) is 1.28. The Morgan fingerprint density at radius 2 is 2.00 bits per heavy atom. The van der Waals surface area contributed by atoms with E-state index in [0.29, 0.717) is 16.7 Å². The smallest absolute Gasteiger partial charge is 0.152 e. The third-order valence-electron chi connectivity index (χ3n) is 5.70. The first kappa shape index (κ1) is 14.6. The van der Waals surface area contributed by atoms with Gasteiger partial charge in [-0.05, 0) is 55.4 Å². The van der Waals surface area contributed by atoms with E-state index >= 15 is 0 Å². The van der Waals surface area contributed by atoms with Gasteiger partial charge in [0, 0.05) is 5.92 Å². The van der Waals surface area contributed by atoms with Gasteiger partial charge in [-0.3, -0.25) is 4.79 Å². The number of fused-ring (bicyclic) bond motifs is 1. The van der Waals surface area contributed by atoms with Gasteiger partial charge in [-0.25, -0.2) is 0 Å². The maximum atomic E-state index is 11.3. The Kier molecular flexibility index (Phi) is 3.77. The Morgan fingerprint density at radius 1 is 1.32 bits per heavy atom. The summed E-state index contributed by atoms with van der Waals surface area (Å²) < 4.78 is 0. The van der Waals surface area contributed by atoms with Gasteiger partial charge in [0.05, 0.1) is 0 Å². The molecule has 0 N–H and O–H groups in total. The molecular weight excluding hydrogens is 232 g/mol. The lowest BCUT2D eigenvalue weighted by Gasteiger charge is -2.57. The van der Waals surface area contributed by atoms with Crippen molar-refractivity contribution in [1.82, 2.24) is 0 Å².